The summed E-state index contributed by atoms with van der Waals surface area (Å²) >= 11 is 0. The number of hydrogen-bond donors (Lipinski definition) is 1. The summed E-state index contributed by atoms with van der Waals surface area (Å²) in [6, 6.07) is 12.7. The van der Waals surface area contributed by atoms with Gasteiger partial charge in [-0.05, 0) is 61.7 Å². The average Bonchev–Trinajstić information content (AvgIpc) is 3.39. The van der Waals surface area contributed by atoms with E-state index in [1.165, 1.54) is 6.08 Å². The van der Waals surface area contributed by atoms with Gasteiger partial charge in [-0.1, -0.05) is 6.07 Å². The van der Waals surface area contributed by atoms with Gasteiger partial charge in [-0.25, -0.2) is 0 Å². The summed E-state index contributed by atoms with van der Waals surface area (Å²) in [7, 11) is 3.20. The second-order valence-electron chi connectivity index (χ2n) is 7.62. The number of hydrogen-bond acceptors (Lipinski definition) is 7. The van der Waals surface area contributed by atoms with Crippen LogP contribution in [0.1, 0.15) is 30.9 Å². The Hall–Kier alpha value is -3.70. The number of nitriles is 1. The van der Waals surface area contributed by atoms with Crippen LogP contribution in [0, 0.1) is 11.3 Å². The smallest absolute Gasteiger partial charge is 0.262 e. The predicted octanol–water partition coefficient (Wildman–Crippen LogP) is 3.88. The molecule has 0 unspecified atom stereocenters. The van der Waals surface area contributed by atoms with E-state index < -0.39 is 5.91 Å². The Balaban J connectivity index is 1.74. The van der Waals surface area contributed by atoms with Crippen molar-refractivity contribution in [2.75, 3.05) is 34.0 Å². The zero-order chi connectivity index (χ0) is 24.3. The van der Waals surface area contributed by atoms with E-state index in [9.17, 15) is 10.1 Å². The maximum atomic E-state index is 12.4. The molecular formula is C26H30N2O6. The van der Waals surface area contributed by atoms with Crippen molar-refractivity contribution in [2.24, 2.45) is 0 Å². The van der Waals surface area contributed by atoms with E-state index in [0.717, 1.165) is 18.4 Å². The predicted molar refractivity (Wildman–Crippen MR) is 127 cm³/mol. The van der Waals surface area contributed by atoms with Crippen molar-refractivity contribution >= 4 is 12.0 Å². The molecule has 1 aliphatic heterocycles. The number of benzene rings is 2. The molecule has 1 fully saturated rings. The lowest BCUT2D eigenvalue weighted by Gasteiger charge is -2.15. The largest absolute Gasteiger partial charge is 0.497 e. The monoisotopic (exact) mass is 466 g/mol. The Morgan fingerprint density at radius 1 is 1.15 bits per heavy atom. The van der Waals surface area contributed by atoms with Crippen LogP contribution in [0.2, 0.25) is 0 Å². The first-order valence-corrected chi connectivity index (χ1v) is 11.2. The molecule has 2 aromatic rings. The molecule has 34 heavy (non-hydrogen) atoms. The van der Waals surface area contributed by atoms with Crippen LogP contribution in [0.5, 0.6) is 23.0 Å². The van der Waals surface area contributed by atoms with Gasteiger partial charge in [0.2, 0.25) is 0 Å². The quantitative estimate of drug-likeness (QED) is 0.396. The molecule has 1 N–H and O–H groups in total. The van der Waals surface area contributed by atoms with Gasteiger partial charge in [-0.15, -0.1) is 0 Å². The molecule has 0 bridgehead atoms. The highest BCUT2D eigenvalue weighted by Crippen LogP contribution is 2.32. The number of methoxy groups -OCH3 is 2. The maximum absolute atomic E-state index is 12.4. The van der Waals surface area contributed by atoms with E-state index in [-0.39, 0.29) is 18.3 Å². The number of rotatable bonds is 11. The van der Waals surface area contributed by atoms with Gasteiger partial charge in [-0.2, -0.15) is 5.26 Å². The van der Waals surface area contributed by atoms with E-state index in [1.54, 1.807) is 32.4 Å². The second kappa shape index (κ2) is 12.5. The Morgan fingerprint density at radius 3 is 2.65 bits per heavy atom. The van der Waals surface area contributed by atoms with E-state index >= 15 is 0 Å². The zero-order valence-electron chi connectivity index (χ0n) is 19.8. The van der Waals surface area contributed by atoms with Crippen molar-refractivity contribution in [3.63, 3.8) is 0 Å². The highest BCUT2D eigenvalue weighted by molar-refractivity contribution is 6.01. The first-order chi connectivity index (χ1) is 16.6. The number of nitrogens with one attached hydrogen (secondary N) is 1. The molecule has 1 aliphatic rings. The first-order valence-electron chi connectivity index (χ1n) is 11.2. The van der Waals surface area contributed by atoms with Gasteiger partial charge in [0.15, 0.2) is 11.5 Å². The van der Waals surface area contributed by atoms with E-state index in [2.05, 4.69) is 5.32 Å². The van der Waals surface area contributed by atoms with Crippen molar-refractivity contribution in [1.29, 1.82) is 5.26 Å². The third kappa shape index (κ3) is 6.65. The van der Waals surface area contributed by atoms with Gasteiger partial charge in [0.1, 0.15) is 29.7 Å². The minimum absolute atomic E-state index is 0.00749. The van der Waals surface area contributed by atoms with E-state index in [4.69, 9.17) is 23.7 Å². The van der Waals surface area contributed by atoms with Crippen molar-refractivity contribution in [2.45, 2.75) is 32.5 Å². The molecular weight excluding hydrogens is 436 g/mol. The molecule has 1 atom stereocenters. The van der Waals surface area contributed by atoms with Crippen LogP contribution in [-0.4, -0.2) is 46.0 Å². The summed E-state index contributed by atoms with van der Waals surface area (Å²) in [5.41, 5.74) is 1.48. The molecule has 0 spiro atoms. The normalized spacial score (nSPS) is 15.4. The summed E-state index contributed by atoms with van der Waals surface area (Å²) in [4.78, 5) is 12.4. The Morgan fingerprint density at radius 2 is 1.97 bits per heavy atom. The van der Waals surface area contributed by atoms with Gasteiger partial charge in [-0.3, -0.25) is 4.79 Å². The van der Waals surface area contributed by atoms with Crippen molar-refractivity contribution in [3.05, 3.63) is 53.1 Å². The molecule has 1 saturated heterocycles. The van der Waals surface area contributed by atoms with Gasteiger partial charge in [0, 0.05) is 18.7 Å². The Kier molecular flexibility index (Phi) is 9.18. The SMILES string of the molecule is CCOc1cc(/C=C(\C#N)C(=O)NC[C@@H]2CCCO2)ccc1OCc1cc(OC)ccc1OC. The van der Waals surface area contributed by atoms with E-state index in [0.29, 0.717) is 48.3 Å². The summed E-state index contributed by atoms with van der Waals surface area (Å²) in [6.45, 7) is 3.64. The van der Waals surface area contributed by atoms with Crippen LogP contribution < -0.4 is 24.3 Å². The van der Waals surface area contributed by atoms with Crippen LogP contribution >= 0.6 is 0 Å². The summed E-state index contributed by atoms with van der Waals surface area (Å²) in [5.74, 6) is 2.00. The lowest BCUT2D eigenvalue weighted by atomic mass is 10.1. The fraction of sp³-hybridized carbons (Fsp3) is 0.385. The molecule has 0 saturated carbocycles. The van der Waals surface area contributed by atoms with Crippen LogP contribution in [0.3, 0.4) is 0 Å². The minimum atomic E-state index is -0.429. The number of carbonyl (C=O) groups excluding carboxylic acids is 1. The van der Waals surface area contributed by atoms with Crippen LogP contribution in [0.25, 0.3) is 6.08 Å². The molecule has 8 nitrogen and oxygen atoms in total. The molecule has 0 radical (unpaired) electrons. The van der Waals surface area contributed by atoms with Crippen molar-refractivity contribution in [3.8, 4) is 29.1 Å². The molecule has 2 aromatic carbocycles. The number of amides is 1. The van der Waals surface area contributed by atoms with Crippen LogP contribution in [-0.2, 0) is 16.1 Å². The Bertz CT molecular complexity index is 1050. The molecule has 180 valence electrons. The lowest BCUT2D eigenvalue weighted by molar-refractivity contribution is -0.117. The average molecular weight is 467 g/mol. The second-order valence-corrected chi connectivity index (χ2v) is 7.62. The highest BCUT2D eigenvalue weighted by Gasteiger charge is 2.18. The van der Waals surface area contributed by atoms with Crippen molar-refractivity contribution < 1.29 is 28.5 Å². The third-order valence-electron chi connectivity index (χ3n) is 5.33. The maximum Gasteiger partial charge on any atom is 0.262 e. The zero-order valence-corrected chi connectivity index (χ0v) is 19.8. The number of nitrogens with zero attached hydrogens (tertiary/aromatic N) is 1. The third-order valence-corrected chi connectivity index (χ3v) is 5.33. The topological polar surface area (TPSA) is 99.0 Å². The van der Waals surface area contributed by atoms with Crippen molar-refractivity contribution in [1.82, 2.24) is 5.32 Å². The summed E-state index contributed by atoms with van der Waals surface area (Å²) in [6.07, 6.45) is 3.43. The molecule has 0 aliphatic carbocycles. The Labute approximate surface area is 200 Å². The van der Waals surface area contributed by atoms with Gasteiger partial charge in [0.25, 0.3) is 5.91 Å². The van der Waals surface area contributed by atoms with Gasteiger partial charge >= 0.3 is 0 Å². The summed E-state index contributed by atoms with van der Waals surface area (Å²) < 4.78 is 28.0. The molecule has 3 rings (SSSR count). The lowest BCUT2D eigenvalue weighted by Crippen LogP contribution is -2.32. The standard InChI is InChI=1S/C26H30N2O6/c1-4-32-25-13-18(12-19(15-27)26(29)28-16-22-6-5-11-33-22)7-9-24(25)34-17-20-14-21(30-2)8-10-23(20)31-3/h7-10,12-14,22H,4-6,11,16-17H2,1-3H3,(H,28,29)/b19-12+/t22-/m0/s1. The number of ether oxygens (including phenoxy) is 5. The molecule has 0 aromatic heterocycles. The highest BCUT2D eigenvalue weighted by atomic mass is 16.5. The minimum Gasteiger partial charge on any atom is -0.497 e. The molecule has 1 heterocycles. The summed E-state index contributed by atoms with van der Waals surface area (Å²) in [5, 5.41) is 12.3. The molecule has 8 heteroatoms. The van der Waals surface area contributed by atoms with Gasteiger partial charge < -0.3 is 29.0 Å². The fourth-order valence-electron chi connectivity index (χ4n) is 3.57. The fourth-order valence-corrected chi connectivity index (χ4v) is 3.57. The van der Waals surface area contributed by atoms with Crippen LogP contribution in [0.15, 0.2) is 42.0 Å². The number of carbonyl (C=O) groups is 1. The first kappa shape index (κ1) is 24.9. The molecule has 1 amide bonds. The van der Waals surface area contributed by atoms with E-state index in [1.807, 2.05) is 31.2 Å². The van der Waals surface area contributed by atoms with Gasteiger partial charge in [0.05, 0.1) is 26.9 Å². The van der Waals surface area contributed by atoms with Crippen LogP contribution in [0.4, 0.5) is 0 Å².